The lowest BCUT2D eigenvalue weighted by atomic mass is 9.79. The van der Waals surface area contributed by atoms with Crippen LogP contribution in [0.4, 0.5) is 0 Å². The third kappa shape index (κ3) is 2.81. The number of nitrogens with zero attached hydrogens (tertiary/aromatic N) is 1. The summed E-state index contributed by atoms with van der Waals surface area (Å²) < 4.78 is 0. The first kappa shape index (κ1) is 14.9. The summed E-state index contributed by atoms with van der Waals surface area (Å²) in [5.41, 5.74) is 1.17. The minimum atomic E-state index is 0.0859. The highest BCUT2D eigenvalue weighted by Crippen LogP contribution is 2.33. The van der Waals surface area contributed by atoms with E-state index in [0.717, 1.165) is 9.75 Å². The summed E-state index contributed by atoms with van der Waals surface area (Å²) in [4.78, 5) is 17.1. The van der Waals surface area contributed by atoms with Gasteiger partial charge in [0.05, 0.1) is 4.88 Å². The van der Waals surface area contributed by atoms with Crippen LogP contribution in [-0.2, 0) is 0 Å². The minimum Gasteiger partial charge on any atom is -0.347 e. The monoisotopic (exact) mass is 326 g/mol. The van der Waals surface area contributed by atoms with Crippen molar-refractivity contribution < 1.29 is 4.79 Å². The van der Waals surface area contributed by atoms with Crippen molar-refractivity contribution in [2.45, 2.75) is 31.8 Å². The summed E-state index contributed by atoms with van der Waals surface area (Å²) in [7, 11) is 0. The maximum atomic E-state index is 12.7. The Morgan fingerprint density at radius 3 is 2.57 bits per heavy atom. The van der Waals surface area contributed by atoms with Crippen LogP contribution in [0.15, 0.2) is 42.5 Å². The fraction of sp³-hybridized carbons (Fsp3) is 0.421. The van der Waals surface area contributed by atoms with Gasteiger partial charge in [-0.15, -0.1) is 11.3 Å². The number of amides is 1. The van der Waals surface area contributed by atoms with Crippen LogP contribution < -0.4 is 5.32 Å². The lowest BCUT2D eigenvalue weighted by molar-refractivity contribution is 0.0218. The predicted octanol–water partition coefficient (Wildman–Crippen LogP) is 3.63. The number of nitrogens with one attached hydrogen (secondary N) is 1. The zero-order chi connectivity index (χ0) is 15.8. The number of piperidine rings is 3. The molecule has 120 valence electrons. The third-order valence-corrected chi connectivity index (χ3v) is 6.50. The van der Waals surface area contributed by atoms with Gasteiger partial charge in [0.15, 0.2) is 0 Å². The minimum absolute atomic E-state index is 0.0859. The summed E-state index contributed by atoms with van der Waals surface area (Å²) in [5.74, 6) is 0.732. The van der Waals surface area contributed by atoms with E-state index in [1.54, 1.807) is 11.3 Å². The predicted molar refractivity (Wildman–Crippen MR) is 94.8 cm³/mol. The van der Waals surface area contributed by atoms with Crippen molar-refractivity contribution in [3.05, 3.63) is 47.3 Å². The van der Waals surface area contributed by atoms with Gasteiger partial charge < -0.3 is 5.32 Å². The van der Waals surface area contributed by atoms with Crippen LogP contribution in [0.25, 0.3) is 10.4 Å². The number of hydrogen-bond acceptors (Lipinski definition) is 3. The number of rotatable bonds is 3. The fourth-order valence-electron chi connectivity index (χ4n) is 3.99. The first-order valence-electron chi connectivity index (χ1n) is 8.42. The van der Waals surface area contributed by atoms with Gasteiger partial charge in [-0.2, -0.15) is 0 Å². The van der Waals surface area contributed by atoms with E-state index in [1.165, 1.54) is 31.5 Å². The molecule has 3 nitrogen and oxygen atoms in total. The Hall–Kier alpha value is -1.65. The molecule has 1 aromatic carbocycles. The van der Waals surface area contributed by atoms with Crippen molar-refractivity contribution in [2.75, 3.05) is 13.1 Å². The Balaban J connectivity index is 1.49. The van der Waals surface area contributed by atoms with Crippen LogP contribution in [0.5, 0.6) is 0 Å². The number of carbonyl (C=O) groups is 1. The smallest absolute Gasteiger partial charge is 0.261 e. The molecule has 2 unspecified atom stereocenters. The van der Waals surface area contributed by atoms with Crippen molar-refractivity contribution in [1.29, 1.82) is 0 Å². The Bertz CT molecular complexity index is 686. The molecule has 5 rings (SSSR count). The van der Waals surface area contributed by atoms with Crippen LogP contribution in [-0.4, -0.2) is 36.0 Å². The second kappa shape index (κ2) is 6.10. The summed E-state index contributed by atoms with van der Waals surface area (Å²) in [6, 6.07) is 15.0. The van der Waals surface area contributed by atoms with Gasteiger partial charge in [-0.3, -0.25) is 9.69 Å². The van der Waals surface area contributed by atoms with Gasteiger partial charge in [-0.1, -0.05) is 30.3 Å². The van der Waals surface area contributed by atoms with Crippen LogP contribution >= 0.6 is 11.3 Å². The van der Waals surface area contributed by atoms with E-state index >= 15 is 0 Å². The Morgan fingerprint density at radius 1 is 1.13 bits per heavy atom. The van der Waals surface area contributed by atoms with Crippen LogP contribution in [0.1, 0.15) is 29.4 Å². The number of benzene rings is 1. The number of hydrogen-bond donors (Lipinski definition) is 1. The number of thiophene rings is 1. The highest BCUT2D eigenvalue weighted by Gasteiger charge is 2.40. The molecule has 3 aliphatic heterocycles. The maximum absolute atomic E-state index is 12.7. The molecule has 0 aliphatic carbocycles. The summed E-state index contributed by atoms with van der Waals surface area (Å²) >= 11 is 1.58. The van der Waals surface area contributed by atoms with Gasteiger partial charge in [0.25, 0.3) is 5.91 Å². The molecule has 2 aromatic rings. The van der Waals surface area contributed by atoms with E-state index in [9.17, 15) is 4.79 Å². The van der Waals surface area contributed by atoms with Crippen LogP contribution in [0.3, 0.4) is 0 Å². The largest absolute Gasteiger partial charge is 0.347 e. The Labute approximate surface area is 141 Å². The fourth-order valence-corrected chi connectivity index (χ4v) is 4.90. The molecule has 1 amide bonds. The molecule has 3 aliphatic rings. The molecule has 2 bridgehead atoms. The molecule has 1 aromatic heterocycles. The van der Waals surface area contributed by atoms with Gasteiger partial charge >= 0.3 is 0 Å². The Morgan fingerprint density at radius 2 is 1.87 bits per heavy atom. The van der Waals surface area contributed by atoms with Crippen molar-refractivity contribution >= 4 is 17.2 Å². The van der Waals surface area contributed by atoms with Crippen LogP contribution in [0, 0.1) is 5.92 Å². The molecule has 0 spiro atoms. The van der Waals surface area contributed by atoms with E-state index in [0.29, 0.717) is 18.0 Å². The molecule has 3 fully saturated rings. The van der Waals surface area contributed by atoms with Crippen molar-refractivity contribution in [2.24, 2.45) is 5.92 Å². The molecule has 2 atom stereocenters. The molecule has 0 radical (unpaired) electrons. The molecule has 23 heavy (non-hydrogen) atoms. The highest BCUT2D eigenvalue weighted by atomic mass is 32.1. The van der Waals surface area contributed by atoms with E-state index in [-0.39, 0.29) is 5.91 Å². The molecule has 0 saturated carbocycles. The number of fused-ring (bicyclic) bond motifs is 3. The first-order chi connectivity index (χ1) is 11.2. The molecule has 4 heteroatoms. The van der Waals surface area contributed by atoms with E-state index in [1.807, 2.05) is 24.3 Å². The molecular formula is C19H22N2OS. The van der Waals surface area contributed by atoms with E-state index in [4.69, 9.17) is 0 Å². The normalized spacial score (nSPS) is 29.4. The zero-order valence-electron chi connectivity index (χ0n) is 13.4. The van der Waals surface area contributed by atoms with E-state index < -0.39 is 0 Å². The summed E-state index contributed by atoms with van der Waals surface area (Å²) in [6.07, 6.45) is 2.43. The SMILES string of the molecule is CC1C(NC(=O)c2ccc(-c3ccccc3)s2)C2CCN1CC2. The average Bonchev–Trinajstić information content (AvgIpc) is 3.09. The zero-order valence-corrected chi connectivity index (χ0v) is 14.2. The van der Waals surface area contributed by atoms with Gasteiger partial charge in [-0.05, 0) is 56.5 Å². The lowest BCUT2D eigenvalue weighted by Gasteiger charge is -2.49. The van der Waals surface area contributed by atoms with Gasteiger partial charge in [0.1, 0.15) is 0 Å². The second-order valence-corrected chi connectivity index (χ2v) is 7.73. The maximum Gasteiger partial charge on any atom is 0.261 e. The van der Waals surface area contributed by atoms with Gasteiger partial charge in [0, 0.05) is 17.0 Å². The highest BCUT2D eigenvalue weighted by molar-refractivity contribution is 7.17. The molecule has 3 saturated heterocycles. The summed E-state index contributed by atoms with van der Waals surface area (Å²) in [5, 5.41) is 3.31. The third-order valence-electron chi connectivity index (χ3n) is 5.36. The quantitative estimate of drug-likeness (QED) is 0.934. The van der Waals surface area contributed by atoms with Gasteiger partial charge in [-0.25, -0.2) is 0 Å². The van der Waals surface area contributed by atoms with Crippen LogP contribution in [0.2, 0.25) is 0 Å². The molecular weight excluding hydrogens is 304 g/mol. The second-order valence-electron chi connectivity index (χ2n) is 6.64. The topological polar surface area (TPSA) is 32.3 Å². The van der Waals surface area contributed by atoms with E-state index in [2.05, 4.69) is 35.3 Å². The Kier molecular flexibility index (Phi) is 3.95. The van der Waals surface area contributed by atoms with Crippen molar-refractivity contribution in [1.82, 2.24) is 10.2 Å². The average molecular weight is 326 g/mol. The molecule has 4 heterocycles. The van der Waals surface area contributed by atoms with Crippen molar-refractivity contribution in [3.63, 3.8) is 0 Å². The lowest BCUT2D eigenvalue weighted by Crippen LogP contribution is -2.62. The first-order valence-corrected chi connectivity index (χ1v) is 9.24. The van der Waals surface area contributed by atoms with Crippen molar-refractivity contribution in [3.8, 4) is 10.4 Å². The number of carbonyl (C=O) groups excluding carboxylic acids is 1. The summed E-state index contributed by atoms with van der Waals surface area (Å²) in [6.45, 7) is 4.63. The van der Waals surface area contributed by atoms with Gasteiger partial charge in [0.2, 0.25) is 0 Å². The standard InChI is InChI=1S/C19H22N2OS/c1-13-18(15-9-11-21(13)12-10-15)20-19(22)17-8-7-16(23-17)14-5-3-2-4-6-14/h2-8,13,15,18H,9-12H2,1H3,(H,20,22). The molecule has 1 N–H and O–H groups in total.